The molecule has 2 fully saturated rings. The normalized spacial score (nSPS) is 20.3. The molecule has 0 saturated carbocycles. The Balaban J connectivity index is 1.31. The van der Waals surface area contributed by atoms with Crippen LogP contribution < -0.4 is 4.90 Å². The number of halogens is 1. The lowest BCUT2D eigenvalue weighted by atomic mass is 10.1. The first kappa shape index (κ1) is 19.0. The summed E-state index contributed by atoms with van der Waals surface area (Å²) in [6.45, 7) is 1.24. The van der Waals surface area contributed by atoms with E-state index in [-0.39, 0.29) is 23.8 Å². The van der Waals surface area contributed by atoms with Crippen LogP contribution in [0, 0.1) is 5.82 Å². The zero-order valence-electron chi connectivity index (χ0n) is 17.6. The molecule has 0 spiro atoms. The summed E-state index contributed by atoms with van der Waals surface area (Å²) in [6.07, 6.45) is 5.19. The van der Waals surface area contributed by atoms with Gasteiger partial charge in [-0.15, -0.1) is 0 Å². The van der Waals surface area contributed by atoms with Crippen molar-refractivity contribution in [2.24, 2.45) is 7.05 Å². The molecule has 6 rings (SSSR count). The van der Waals surface area contributed by atoms with Crippen molar-refractivity contribution in [2.75, 3.05) is 18.0 Å². The summed E-state index contributed by atoms with van der Waals surface area (Å²) in [5.41, 5.74) is 2.05. The van der Waals surface area contributed by atoms with Crippen LogP contribution in [-0.4, -0.2) is 60.8 Å². The van der Waals surface area contributed by atoms with E-state index in [9.17, 15) is 9.18 Å². The van der Waals surface area contributed by atoms with Gasteiger partial charge in [0.25, 0.3) is 5.91 Å². The predicted octanol–water partition coefficient (Wildman–Crippen LogP) is 2.79. The van der Waals surface area contributed by atoms with Gasteiger partial charge in [0.05, 0.1) is 29.2 Å². The molecule has 9 heteroatoms. The first-order valence-corrected chi connectivity index (χ1v) is 10.8. The second kappa shape index (κ2) is 7.15. The number of para-hydroxylation sites is 1. The number of fused-ring (bicyclic) bond motifs is 3. The van der Waals surface area contributed by atoms with Gasteiger partial charge in [0, 0.05) is 37.6 Å². The van der Waals surface area contributed by atoms with Gasteiger partial charge >= 0.3 is 0 Å². The van der Waals surface area contributed by atoms with Crippen LogP contribution in [0.4, 0.5) is 10.2 Å². The monoisotopic (exact) mass is 431 g/mol. The molecule has 4 heterocycles. The highest BCUT2D eigenvalue weighted by atomic mass is 19.1. The van der Waals surface area contributed by atoms with E-state index in [0.29, 0.717) is 24.3 Å². The highest BCUT2D eigenvalue weighted by Gasteiger charge is 2.43. The Bertz CT molecular complexity index is 1300. The van der Waals surface area contributed by atoms with E-state index in [1.165, 1.54) is 16.9 Å². The zero-order chi connectivity index (χ0) is 21.8. The van der Waals surface area contributed by atoms with Crippen LogP contribution in [-0.2, 0) is 7.05 Å². The molecular weight excluding hydrogens is 409 g/mol. The Hall–Kier alpha value is -3.75. The number of aromatic nitrogens is 5. The van der Waals surface area contributed by atoms with E-state index >= 15 is 0 Å². The number of amides is 1. The first-order chi connectivity index (χ1) is 15.6. The Kier molecular flexibility index (Phi) is 4.24. The van der Waals surface area contributed by atoms with E-state index in [4.69, 9.17) is 5.10 Å². The van der Waals surface area contributed by atoms with Crippen molar-refractivity contribution in [1.29, 1.82) is 0 Å². The molecule has 0 radical (unpaired) electrons. The minimum Gasteiger partial charge on any atom is -0.345 e. The molecule has 2 bridgehead atoms. The summed E-state index contributed by atoms with van der Waals surface area (Å²) in [6, 6.07) is 12.6. The highest BCUT2D eigenvalue weighted by molar-refractivity contribution is 5.98. The van der Waals surface area contributed by atoms with Crippen LogP contribution in [0.1, 0.15) is 23.2 Å². The van der Waals surface area contributed by atoms with Crippen molar-refractivity contribution >= 4 is 22.6 Å². The van der Waals surface area contributed by atoms with Crippen LogP contribution >= 0.6 is 0 Å². The number of rotatable bonds is 3. The molecule has 2 aliphatic heterocycles. The molecule has 2 aromatic heterocycles. The van der Waals surface area contributed by atoms with Gasteiger partial charge < -0.3 is 9.80 Å². The van der Waals surface area contributed by atoms with E-state index in [1.54, 1.807) is 23.1 Å². The maximum Gasteiger partial charge on any atom is 0.256 e. The SMILES string of the molecule is Cn1nc(N2C3CCC2CN(C(=O)c2ccccc2-n2nccn2)C3)c2ccc(F)cc21. The standard InChI is InChI=1S/C23H22FN7O/c1-28-21-12-15(24)6-9-18(21)22(27-28)30-16-7-8-17(30)14-29(13-16)23(32)19-4-2-3-5-20(19)31-25-10-11-26-31/h2-6,9-12,16-17H,7-8,13-14H2,1H3. The number of nitrogens with zero attached hydrogens (tertiary/aromatic N) is 7. The molecule has 162 valence electrons. The Morgan fingerprint density at radius 3 is 2.50 bits per heavy atom. The van der Waals surface area contributed by atoms with Gasteiger partial charge in [-0.05, 0) is 43.2 Å². The number of anilines is 1. The number of hydrogen-bond donors (Lipinski definition) is 0. The lowest BCUT2D eigenvalue weighted by molar-refractivity contribution is 0.0717. The van der Waals surface area contributed by atoms with Crippen molar-refractivity contribution in [3.63, 3.8) is 0 Å². The van der Waals surface area contributed by atoms with Crippen LogP contribution in [0.3, 0.4) is 0 Å². The van der Waals surface area contributed by atoms with Crippen LogP contribution in [0.25, 0.3) is 16.6 Å². The number of benzene rings is 2. The summed E-state index contributed by atoms with van der Waals surface area (Å²) < 4.78 is 15.5. The van der Waals surface area contributed by atoms with Crippen molar-refractivity contribution < 1.29 is 9.18 Å². The summed E-state index contributed by atoms with van der Waals surface area (Å²) in [7, 11) is 1.84. The van der Waals surface area contributed by atoms with Crippen molar-refractivity contribution in [1.82, 2.24) is 29.7 Å². The largest absolute Gasteiger partial charge is 0.345 e. The highest BCUT2D eigenvalue weighted by Crippen LogP contribution is 2.38. The first-order valence-electron chi connectivity index (χ1n) is 10.8. The van der Waals surface area contributed by atoms with Crippen LogP contribution in [0.15, 0.2) is 54.9 Å². The molecule has 2 unspecified atom stereocenters. The molecule has 2 atom stereocenters. The van der Waals surface area contributed by atoms with Gasteiger partial charge in [-0.25, -0.2) is 4.39 Å². The van der Waals surface area contributed by atoms with Crippen LogP contribution in [0.2, 0.25) is 0 Å². The van der Waals surface area contributed by atoms with Crippen molar-refractivity contribution in [2.45, 2.75) is 24.9 Å². The third-order valence-electron chi connectivity index (χ3n) is 6.58. The maximum absolute atomic E-state index is 13.8. The minimum atomic E-state index is -0.268. The topological polar surface area (TPSA) is 72.1 Å². The van der Waals surface area contributed by atoms with Gasteiger partial charge in [-0.1, -0.05) is 12.1 Å². The smallest absolute Gasteiger partial charge is 0.256 e. The second-order valence-electron chi connectivity index (χ2n) is 8.45. The fourth-order valence-electron chi connectivity index (χ4n) is 5.16. The summed E-state index contributed by atoms with van der Waals surface area (Å²) >= 11 is 0. The fraction of sp³-hybridized carbons (Fsp3) is 0.304. The Morgan fingerprint density at radius 2 is 1.75 bits per heavy atom. The lowest BCUT2D eigenvalue weighted by Gasteiger charge is -2.41. The van der Waals surface area contributed by atoms with Crippen LogP contribution in [0.5, 0.6) is 0 Å². The van der Waals surface area contributed by atoms with E-state index < -0.39 is 0 Å². The van der Waals surface area contributed by atoms with Crippen molar-refractivity contribution in [3.05, 3.63) is 66.2 Å². The summed E-state index contributed by atoms with van der Waals surface area (Å²) in [5.74, 6) is 0.599. The van der Waals surface area contributed by atoms with Gasteiger partial charge in [0.15, 0.2) is 5.82 Å². The molecule has 4 aromatic rings. The predicted molar refractivity (Wildman–Crippen MR) is 117 cm³/mol. The molecule has 0 aliphatic carbocycles. The second-order valence-corrected chi connectivity index (χ2v) is 8.45. The third-order valence-corrected chi connectivity index (χ3v) is 6.58. The molecule has 2 aromatic carbocycles. The molecular formula is C23H22FN7O. The van der Waals surface area contributed by atoms with Gasteiger partial charge in [-0.2, -0.15) is 20.1 Å². The molecule has 0 N–H and O–H groups in total. The fourth-order valence-corrected chi connectivity index (χ4v) is 5.16. The molecule has 8 nitrogen and oxygen atoms in total. The molecule has 32 heavy (non-hydrogen) atoms. The number of hydrogen-bond acceptors (Lipinski definition) is 5. The Morgan fingerprint density at radius 1 is 1.03 bits per heavy atom. The van der Waals surface area contributed by atoms with Gasteiger partial charge in [0.1, 0.15) is 5.82 Å². The summed E-state index contributed by atoms with van der Waals surface area (Å²) in [4.78, 5) is 19.3. The maximum atomic E-state index is 13.8. The van der Waals surface area contributed by atoms with E-state index in [0.717, 1.165) is 29.6 Å². The van der Waals surface area contributed by atoms with E-state index in [2.05, 4.69) is 15.1 Å². The molecule has 1 amide bonds. The number of piperazine rings is 1. The number of carbonyl (C=O) groups excluding carboxylic acids is 1. The quantitative estimate of drug-likeness (QED) is 0.499. The van der Waals surface area contributed by atoms with E-state index in [1.807, 2.05) is 36.2 Å². The minimum absolute atomic E-state index is 0.0117. The number of aryl methyl sites for hydroxylation is 1. The summed E-state index contributed by atoms with van der Waals surface area (Å²) in [5, 5.41) is 14.1. The number of carbonyl (C=O) groups is 1. The average molecular weight is 431 g/mol. The number of likely N-dealkylation sites (tertiary alicyclic amines) is 1. The Labute approximate surface area is 183 Å². The third kappa shape index (κ3) is 2.88. The van der Waals surface area contributed by atoms with Gasteiger partial charge in [-0.3, -0.25) is 9.48 Å². The lowest BCUT2D eigenvalue weighted by Crippen LogP contribution is -2.55. The zero-order valence-corrected chi connectivity index (χ0v) is 17.6. The molecule has 2 aliphatic rings. The average Bonchev–Trinajstić information content (AvgIpc) is 3.50. The van der Waals surface area contributed by atoms with Gasteiger partial charge in [0.2, 0.25) is 0 Å². The molecule has 2 saturated heterocycles. The van der Waals surface area contributed by atoms with Crippen molar-refractivity contribution in [3.8, 4) is 5.69 Å².